The lowest BCUT2D eigenvalue weighted by Gasteiger charge is -2.09. The number of rotatable bonds is 4. The first-order valence-electron chi connectivity index (χ1n) is 6.92. The summed E-state index contributed by atoms with van der Waals surface area (Å²) >= 11 is 5.81. The van der Waals surface area contributed by atoms with Gasteiger partial charge >= 0.3 is 0 Å². The lowest BCUT2D eigenvalue weighted by atomic mass is 10.1. The van der Waals surface area contributed by atoms with Crippen molar-refractivity contribution in [3.8, 4) is 0 Å². The van der Waals surface area contributed by atoms with Crippen molar-refractivity contribution in [2.45, 2.75) is 25.8 Å². The van der Waals surface area contributed by atoms with Crippen LogP contribution in [0.25, 0.3) is 0 Å². The summed E-state index contributed by atoms with van der Waals surface area (Å²) in [5.74, 6) is 0. The van der Waals surface area contributed by atoms with Crippen molar-refractivity contribution in [2.24, 2.45) is 0 Å². The van der Waals surface area contributed by atoms with Crippen molar-refractivity contribution in [3.63, 3.8) is 0 Å². The van der Waals surface area contributed by atoms with E-state index in [1.165, 1.54) is 30.0 Å². The van der Waals surface area contributed by atoms with E-state index in [4.69, 9.17) is 11.6 Å². The molecule has 2 aromatic carbocycles. The Morgan fingerprint density at radius 1 is 1.14 bits per heavy atom. The fraction of sp³-hybridized carbons (Fsp3) is 0.250. The minimum atomic E-state index is -0.457. The molecule has 2 aromatic rings. The fourth-order valence-corrected chi connectivity index (χ4v) is 2.88. The molecule has 0 bridgehead atoms. The molecule has 3 rings (SSSR count). The monoisotopic (exact) mass is 302 g/mol. The zero-order valence-electron chi connectivity index (χ0n) is 11.4. The summed E-state index contributed by atoms with van der Waals surface area (Å²) in [6.07, 6.45) is 3.53. The molecule has 5 heteroatoms. The van der Waals surface area contributed by atoms with Crippen LogP contribution in [0.15, 0.2) is 36.4 Å². The highest BCUT2D eigenvalue weighted by Gasteiger charge is 2.13. The Kier molecular flexibility index (Phi) is 3.80. The van der Waals surface area contributed by atoms with Crippen LogP contribution in [0.4, 0.5) is 11.4 Å². The topological polar surface area (TPSA) is 55.2 Å². The third-order valence-corrected chi connectivity index (χ3v) is 4.12. The van der Waals surface area contributed by atoms with Gasteiger partial charge in [-0.15, -0.1) is 0 Å². The smallest absolute Gasteiger partial charge is 0.288 e. The number of nitrogens with zero attached hydrogens (tertiary/aromatic N) is 1. The van der Waals surface area contributed by atoms with Crippen LogP contribution >= 0.6 is 11.6 Å². The normalized spacial score (nSPS) is 13.0. The maximum Gasteiger partial charge on any atom is 0.288 e. The summed E-state index contributed by atoms with van der Waals surface area (Å²) in [5.41, 5.74) is 4.68. The second-order valence-electron chi connectivity index (χ2n) is 5.23. The molecule has 0 aliphatic heterocycles. The van der Waals surface area contributed by atoms with Crippen LogP contribution in [0.3, 0.4) is 0 Å². The first kappa shape index (κ1) is 13.9. The molecule has 0 spiro atoms. The third-order valence-electron chi connectivity index (χ3n) is 3.80. The first-order valence-corrected chi connectivity index (χ1v) is 7.30. The summed E-state index contributed by atoms with van der Waals surface area (Å²) in [4.78, 5) is 10.4. The van der Waals surface area contributed by atoms with Gasteiger partial charge in [-0.3, -0.25) is 10.1 Å². The second-order valence-corrected chi connectivity index (χ2v) is 5.64. The number of hydrogen-bond donors (Lipinski definition) is 1. The number of nitro benzene ring substituents is 1. The molecule has 0 radical (unpaired) electrons. The average Bonchev–Trinajstić information content (AvgIpc) is 2.93. The molecular weight excluding hydrogens is 288 g/mol. The van der Waals surface area contributed by atoms with E-state index >= 15 is 0 Å². The predicted octanol–water partition coefficient (Wildman–Crippen LogP) is 4.35. The zero-order chi connectivity index (χ0) is 14.8. The molecule has 0 unspecified atom stereocenters. The quantitative estimate of drug-likeness (QED) is 0.675. The Bertz CT molecular complexity index is 701. The molecule has 4 nitrogen and oxygen atoms in total. The second kappa shape index (κ2) is 5.74. The Labute approximate surface area is 127 Å². The van der Waals surface area contributed by atoms with Crippen molar-refractivity contribution in [1.82, 2.24) is 0 Å². The van der Waals surface area contributed by atoms with Crippen LogP contribution in [0.1, 0.15) is 23.1 Å². The maximum absolute atomic E-state index is 10.9. The minimum absolute atomic E-state index is 0.0510. The number of fused-ring (bicyclic) bond motifs is 1. The number of halogens is 1. The fourth-order valence-electron chi connectivity index (χ4n) is 2.69. The minimum Gasteiger partial charge on any atom is -0.381 e. The van der Waals surface area contributed by atoms with Gasteiger partial charge in [-0.05, 0) is 54.2 Å². The van der Waals surface area contributed by atoms with E-state index in [9.17, 15) is 10.1 Å². The zero-order valence-corrected chi connectivity index (χ0v) is 12.2. The summed E-state index contributed by atoms with van der Waals surface area (Å²) in [5, 5.41) is 14.4. The predicted molar refractivity (Wildman–Crippen MR) is 83.9 cm³/mol. The van der Waals surface area contributed by atoms with Gasteiger partial charge in [0, 0.05) is 18.3 Å². The van der Waals surface area contributed by atoms with E-state index in [0.29, 0.717) is 6.54 Å². The van der Waals surface area contributed by atoms with Crippen LogP contribution in [0.2, 0.25) is 5.02 Å². The molecule has 1 aliphatic carbocycles. The third kappa shape index (κ3) is 3.00. The van der Waals surface area contributed by atoms with Crippen molar-refractivity contribution in [1.29, 1.82) is 0 Å². The van der Waals surface area contributed by atoms with Gasteiger partial charge in [0.25, 0.3) is 5.69 Å². The standard InChI is InChI=1S/C16H15ClN2O2/c17-15-7-4-11(8-16(15)19(20)21)10-18-14-6-5-12-2-1-3-13(12)9-14/h4-9,18H,1-3,10H2. The van der Waals surface area contributed by atoms with Gasteiger partial charge in [-0.1, -0.05) is 23.7 Å². The van der Waals surface area contributed by atoms with Crippen molar-refractivity contribution in [2.75, 3.05) is 5.32 Å². The largest absolute Gasteiger partial charge is 0.381 e. The van der Waals surface area contributed by atoms with Gasteiger partial charge in [-0.2, -0.15) is 0 Å². The highest BCUT2D eigenvalue weighted by atomic mass is 35.5. The summed E-state index contributed by atoms with van der Waals surface area (Å²) in [7, 11) is 0. The molecule has 0 aromatic heterocycles. The summed E-state index contributed by atoms with van der Waals surface area (Å²) in [6.45, 7) is 0.538. The van der Waals surface area contributed by atoms with Crippen LogP contribution in [0.5, 0.6) is 0 Å². The molecular formula is C16H15ClN2O2. The average molecular weight is 303 g/mol. The van der Waals surface area contributed by atoms with Gasteiger partial charge in [-0.25, -0.2) is 0 Å². The highest BCUT2D eigenvalue weighted by molar-refractivity contribution is 6.32. The summed E-state index contributed by atoms with van der Waals surface area (Å²) < 4.78 is 0. The van der Waals surface area contributed by atoms with Gasteiger partial charge < -0.3 is 5.32 Å². The van der Waals surface area contributed by atoms with E-state index < -0.39 is 4.92 Å². The molecule has 1 N–H and O–H groups in total. The van der Waals surface area contributed by atoms with E-state index in [1.807, 2.05) is 0 Å². The number of anilines is 1. The Morgan fingerprint density at radius 2 is 1.95 bits per heavy atom. The lowest BCUT2D eigenvalue weighted by Crippen LogP contribution is -2.01. The molecule has 0 saturated carbocycles. The number of nitro groups is 1. The Morgan fingerprint density at radius 3 is 2.76 bits per heavy atom. The van der Waals surface area contributed by atoms with Crippen molar-refractivity contribution in [3.05, 3.63) is 68.2 Å². The molecule has 0 heterocycles. The van der Waals surface area contributed by atoms with E-state index in [-0.39, 0.29) is 10.7 Å². The van der Waals surface area contributed by atoms with Crippen LogP contribution in [-0.2, 0) is 19.4 Å². The molecule has 0 amide bonds. The number of hydrogen-bond acceptors (Lipinski definition) is 3. The number of nitrogens with one attached hydrogen (secondary N) is 1. The van der Waals surface area contributed by atoms with Gasteiger partial charge in [0.15, 0.2) is 0 Å². The van der Waals surface area contributed by atoms with Crippen LogP contribution < -0.4 is 5.32 Å². The molecule has 1 aliphatic rings. The SMILES string of the molecule is O=[N+]([O-])c1cc(CNc2ccc3c(c2)CCC3)ccc1Cl. The molecule has 0 atom stereocenters. The van der Waals surface area contributed by atoms with Crippen molar-refractivity contribution >= 4 is 23.0 Å². The van der Waals surface area contributed by atoms with E-state index in [2.05, 4.69) is 23.5 Å². The van der Waals surface area contributed by atoms with Gasteiger partial charge in [0.2, 0.25) is 0 Å². The number of benzene rings is 2. The van der Waals surface area contributed by atoms with Crippen molar-refractivity contribution < 1.29 is 4.92 Å². The Hall–Kier alpha value is -2.07. The van der Waals surface area contributed by atoms with E-state index in [0.717, 1.165) is 17.7 Å². The lowest BCUT2D eigenvalue weighted by molar-refractivity contribution is -0.384. The molecule has 108 valence electrons. The Balaban J connectivity index is 1.73. The molecule has 0 fully saturated rings. The van der Waals surface area contributed by atoms with Crippen LogP contribution in [-0.4, -0.2) is 4.92 Å². The van der Waals surface area contributed by atoms with Gasteiger partial charge in [0.1, 0.15) is 5.02 Å². The molecule has 0 saturated heterocycles. The molecule has 21 heavy (non-hydrogen) atoms. The highest BCUT2D eigenvalue weighted by Crippen LogP contribution is 2.27. The maximum atomic E-state index is 10.9. The van der Waals surface area contributed by atoms with Gasteiger partial charge in [0.05, 0.1) is 4.92 Å². The van der Waals surface area contributed by atoms with E-state index in [1.54, 1.807) is 12.1 Å². The summed E-state index contributed by atoms with van der Waals surface area (Å²) in [6, 6.07) is 11.3. The number of aryl methyl sites for hydroxylation is 2. The van der Waals surface area contributed by atoms with Crippen LogP contribution in [0, 0.1) is 10.1 Å². The first-order chi connectivity index (χ1) is 10.1.